The fraction of sp³-hybridized carbons (Fsp3) is 0.600. The maximum atomic E-state index is 13.2. The highest BCUT2D eigenvalue weighted by Gasteiger charge is 2.40. The van der Waals surface area contributed by atoms with Crippen LogP contribution in [0.15, 0.2) is 24.3 Å². The summed E-state index contributed by atoms with van der Waals surface area (Å²) in [6.07, 6.45) is -3.36. The van der Waals surface area contributed by atoms with Crippen LogP contribution >= 0.6 is 0 Å². The van der Waals surface area contributed by atoms with Gasteiger partial charge in [0.2, 0.25) is 0 Å². The van der Waals surface area contributed by atoms with Crippen LogP contribution in [0, 0.1) is 5.92 Å². The second-order valence-electron chi connectivity index (χ2n) is 5.37. The number of benzene rings is 1. The normalized spacial score (nSPS) is 24.2. The van der Waals surface area contributed by atoms with Gasteiger partial charge in [-0.25, -0.2) is 0 Å². The SMILES string of the molecule is CCNCC1CCN(C)C1c1ccccc1C(F)(F)F. The summed E-state index contributed by atoms with van der Waals surface area (Å²) < 4.78 is 39.5. The topological polar surface area (TPSA) is 15.3 Å². The van der Waals surface area contributed by atoms with Crippen molar-refractivity contribution in [3.63, 3.8) is 0 Å². The van der Waals surface area contributed by atoms with E-state index >= 15 is 0 Å². The fourth-order valence-corrected chi connectivity index (χ4v) is 3.07. The van der Waals surface area contributed by atoms with Crippen molar-refractivity contribution in [1.82, 2.24) is 10.2 Å². The van der Waals surface area contributed by atoms with Gasteiger partial charge in [0.15, 0.2) is 0 Å². The van der Waals surface area contributed by atoms with Crippen molar-refractivity contribution in [2.45, 2.75) is 25.6 Å². The molecule has 1 saturated heterocycles. The summed E-state index contributed by atoms with van der Waals surface area (Å²) >= 11 is 0. The minimum atomic E-state index is -4.29. The van der Waals surface area contributed by atoms with Crippen LogP contribution in [0.25, 0.3) is 0 Å². The Hall–Kier alpha value is -1.07. The maximum Gasteiger partial charge on any atom is 0.416 e. The van der Waals surface area contributed by atoms with Crippen LogP contribution in [-0.2, 0) is 6.18 Å². The number of halogens is 3. The van der Waals surface area contributed by atoms with E-state index in [-0.39, 0.29) is 12.0 Å². The molecule has 0 spiro atoms. The first-order valence-corrected chi connectivity index (χ1v) is 7.02. The van der Waals surface area contributed by atoms with Gasteiger partial charge in [-0.2, -0.15) is 13.2 Å². The van der Waals surface area contributed by atoms with Crippen molar-refractivity contribution in [3.8, 4) is 0 Å². The quantitative estimate of drug-likeness (QED) is 0.913. The number of likely N-dealkylation sites (tertiary alicyclic amines) is 1. The summed E-state index contributed by atoms with van der Waals surface area (Å²) in [6.45, 7) is 4.45. The highest BCUT2D eigenvalue weighted by Crippen LogP contribution is 2.42. The molecule has 0 aliphatic carbocycles. The van der Waals surface area contributed by atoms with Gasteiger partial charge in [0.25, 0.3) is 0 Å². The van der Waals surface area contributed by atoms with E-state index in [4.69, 9.17) is 0 Å². The van der Waals surface area contributed by atoms with Crippen molar-refractivity contribution in [2.75, 3.05) is 26.7 Å². The summed E-state index contributed by atoms with van der Waals surface area (Å²) in [5.74, 6) is 0.225. The Morgan fingerprint density at radius 1 is 1.30 bits per heavy atom. The molecule has 1 heterocycles. The summed E-state index contributed by atoms with van der Waals surface area (Å²) in [6, 6.07) is 5.80. The molecule has 0 bridgehead atoms. The Morgan fingerprint density at radius 3 is 2.65 bits per heavy atom. The summed E-state index contributed by atoms with van der Waals surface area (Å²) in [5.41, 5.74) is -0.0943. The van der Waals surface area contributed by atoms with Gasteiger partial charge >= 0.3 is 6.18 Å². The van der Waals surface area contributed by atoms with Crippen LogP contribution in [0.4, 0.5) is 13.2 Å². The van der Waals surface area contributed by atoms with E-state index in [1.54, 1.807) is 12.1 Å². The van der Waals surface area contributed by atoms with Crippen LogP contribution in [0.3, 0.4) is 0 Å². The van der Waals surface area contributed by atoms with Crippen LogP contribution in [-0.4, -0.2) is 31.6 Å². The van der Waals surface area contributed by atoms with Crippen LogP contribution in [0.2, 0.25) is 0 Å². The molecule has 1 fully saturated rings. The number of hydrogen-bond donors (Lipinski definition) is 1. The molecular formula is C15H21F3N2. The lowest BCUT2D eigenvalue weighted by Gasteiger charge is -2.28. The molecule has 2 atom stereocenters. The molecule has 0 aromatic heterocycles. The molecule has 2 unspecified atom stereocenters. The molecule has 20 heavy (non-hydrogen) atoms. The van der Waals surface area contributed by atoms with Crippen molar-refractivity contribution in [2.24, 2.45) is 5.92 Å². The van der Waals surface area contributed by atoms with Gasteiger partial charge in [-0.15, -0.1) is 0 Å². The van der Waals surface area contributed by atoms with E-state index in [2.05, 4.69) is 5.32 Å². The molecule has 112 valence electrons. The summed E-state index contributed by atoms with van der Waals surface area (Å²) in [5, 5.41) is 3.26. The van der Waals surface area contributed by atoms with E-state index in [0.717, 1.165) is 26.1 Å². The van der Waals surface area contributed by atoms with Gasteiger partial charge in [-0.05, 0) is 50.7 Å². The Labute approximate surface area is 118 Å². The molecule has 1 aliphatic heterocycles. The third-order valence-corrected chi connectivity index (χ3v) is 4.02. The number of hydrogen-bond acceptors (Lipinski definition) is 2. The highest BCUT2D eigenvalue weighted by atomic mass is 19.4. The molecule has 1 aromatic rings. The predicted molar refractivity (Wildman–Crippen MR) is 73.5 cm³/mol. The van der Waals surface area contributed by atoms with Gasteiger partial charge in [-0.1, -0.05) is 25.1 Å². The number of alkyl halides is 3. The number of nitrogens with zero attached hydrogens (tertiary/aromatic N) is 1. The number of nitrogens with one attached hydrogen (secondary N) is 1. The lowest BCUT2D eigenvalue weighted by molar-refractivity contribution is -0.138. The lowest BCUT2D eigenvalue weighted by atomic mass is 9.90. The molecule has 1 aromatic carbocycles. The van der Waals surface area contributed by atoms with Gasteiger partial charge < -0.3 is 5.32 Å². The Bertz CT molecular complexity index is 445. The molecule has 0 amide bonds. The third kappa shape index (κ3) is 3.15. The largest absolute Gasteiger partial charge is 0.416 e. The smallest absolute Gasteiger partial charge is 0.317 e. The Balaban J connectivity index is 2.33. The maximum absolute atomic E-state index is 13.2. The van der Waals surface area contributed by atoms with Crippen LogP contribution in [0.1, 0.15) is 30.5 Å². The Morgan fingerprint density at radius 2 is 2.00 bits per heavy atom. The van der Waals surface area contributed by atoms with E-state index in [9.17, 15) is 13.2 Å². The highest BCUT2D eigenvalue weighted by molar-refractivity contribution is 5.33. The average molecular weight is 286 g/mol. The third-order valence-electron chi connectivity index (χ3n) is 4.02. The molecular weight excluding hydrogens is 265 g/mol. The van der Waals surface area contributed by atoms with Crippen LogP contribution in [0.5, 0.6) is 0 Å². The molecule has 0 radical (unpaired) electrons. The molecule has 2 nitrogen and oxygen atoms in total. The first-order chi connectivity index (χ1) is 9.45. The van der Waals surface area contributed by atoms with Gasteiger partial charge in [0.1, 0.15) is 0 Å². The van der Waals surface area contributed by atoms with E-state index in [1.807, 2.05) is 18.9 Å². The number of rotatable bonds is 4. The van der Waals surface area contributed by atoms with Crippen molar-refractivity contribution >= 4 is 0 Å². The monoisotopic (exact) mass is 286 g/mol. The van der Waals surface area contributed by atoms with Crippen molar-refractivity contribution in [3.05, 3.63) is 35.4 Å². The van der Waals surface area contributed by atoms with Gasteiger partial charge in [0, 0.05) is 6.04 Å². The second-order valence-corrected chi connectivity index (χ2v) is 5.37. The first-order valence-electron chi connectivity index (χ1n) is 7.02. The fourth-order valence-electron chi connectivity index (χ4n) is 3.07. The predicted octanol–water partition coefficient (Wildman–Crippen LogP) is 3.31. The first kappa shape index (κ1) is 15.3. The zero-order valence-electron chi connectivity index (χ0n) is 11.9. The minimum Gasteiger partial charge on any atom is -0.317 e. The van der Waals surface area contributed by atoms with Gasteiger partial charge in [-0.3, -0.25) is 4.90 Å². The van der Waals surface area contributed by atoms with Crippen LogP contribution < -0.4 is 5.32 Å². The van der Waals surface area contributed by atoms with E-state index < -0.39 is 11.7 Å². The molecule has 5 heteroatoms. The molecule has 0 saturated carbocycles. The minimum absolute atomic E-state index is 0.160. The van der Waals surface area contributed by atoms with E-state index in [0.29, 0.717) is 5.56 Å². The molecule has 1 aliphatic rings. The van der Waals surface area contributed by atoms with E-state index in [1.165, 1.54) is 12.1 Å². The average Bonchev–Trinajstić information content (AvgIpc) is 2.76. The second kappa shape index (κ2) is 6.14. The zero-order chi connectivity index (χ0) is 14.8. The van der Waals surface area contributed by atoms with Gasteiger partial charge in [0.05, 0.1) is 5.56 Å². The molecule has 1 N–H and O–H groups in total. The molecule has 2 rings (SSSR count). The Kier molecular flexibility index (Phi) is 4.70. The summed E-state index contributed by atoms with van der Waals surface area (Å²) in [4.78, 5) is 2.03. The standard InChI is InChI=1S/C15H21F3N2/c1-3-19-10-11-8-9-20(2)14(11)12-6-4-5-7-13(12)15(16,17)18/h4-7,11,14,19H,3,8-10H2,1-2H3. The zero-order valence-corrected chi connectivity index (χ0v) is 11.9. The van der Waals surface area contributed by atoms with Crippen molar-refractivity contribution < 1.29 is 13.2 Å². The summed E-state index contributed by atoms with van der Waals surface area (Å²) in [7, 11) is 1.91. The van der Waals surface area contributed by atoms with Crippen molar-refractivity contribution in [1.29, 1.82) is 0 Å². The lowest BCUT2D eigenvalue weighted by Crippen LogP contribution is -2.30.